The standard InChI is InChI=1S/C16H22ClNO2/c1-16(2,11-12-6-8-13(17)9-7-12)20-15(19)14-5-3-4-10-18-14/h6-9,14,18H,3-5,10-11H2,1-2H3/t14-/m0/s1. The number of hydrogen-bond donors (Lipinski definition) is 1. The fourth-order valence-electron chi connectivity index (χ4n) is 2.53. The predicted molar refractivity (Wildman–Crippen MR) is 81.0 cm³/mol. The lowest BCUT2D eigenvalue weighted by Crippen LogP contribution is -2.45. The van der Waals surface area contributed by atoms with Crippen molar-refractivity contribution in [3.05, 3.63) is 34.9 Å². The first-order valence-electron chi connectivity index (χ1n) is 7.17. The SMILES string of the molecule is CC(C)(Cc1ccc(Cl)cc1)OC(=O)[C@@H]1CCCCN1. The van der Waals surface area contributed by atoms with Gasteiger partial charge in [0, 0.05) is 11.4 Å². The molecule has 0 aliphatic carbocycles. The van der Waals surface area contributed by atoms with E-state index in [2.05, 4.69) is 5.32 Å². The van der Waals surface area contributed by atoms with E-state index >= 15 is 0 Å². The van der Waals surface area contributed by atoms with Crippen molar-refractivity contribution in [2.45, 2.75) is 51.2 Å². The average molecular weight is 296 g/mol. The van der Waals surface area contributed by atoms with Crippen molar-refractivity contribution in [3.8, 4) is 0 Å². The fraction of sp³-hybridized carbons (Fsp3) is 0.562. The van der Waals surface area contributed by atoms with Crippen molar-refractivity contribution < 1.29 is 9.53 Å². The normalized spacial score (nSPS) is 19.6. The van der Waals surface area contributed by atoms with E-state index in [1.54, 1.807) is 0 Å². The Labute approximate surface area is 125 Å². The Morgan fingerprint density at radius 2 is 2.05 bits per heavy atom. The Morgan fingerprint density at radius 3 is 2.65 bits per heavy atom. The number of rotatable bonds is 4. The number of carbonyl (C=O) groups excluding carboxylic acids is 1. The first-order valence-corrected chi connectivity index (χ1v) is 7.55. The van der Waals surface area contributed by atoms with Gasteiger partial charge in [-0.25, -0.2) is 0 Å². The van der Waals surface area contributed by atoms with Gasteiger partial charge in [0.15, 0.2) is 0 Å². The molecule has 0 bridgehead atoms. The number of nitrogens with one attached hydrogen (secondary N) is 1. The molecule has 1 N–H and O–H groups in total. The van der Waals surface area contributed by atoms with Crippen LogP contribution in [0.5, 0.6) is 0 Å². The van der Waals surface area contributed by atoms with Gasteiger partial charge in [0.25, 0.3) is 0 Å². The third kappa shape index (κ3) is 4.50. The monoisotopic (exact) mass is 295 g/mol. The number of halogens is 1. The second-order valence-electron chi connectivity index (χ2n) is 5.99. The minimum Gasteiger partial charge on any atom is -0.458 e. The minimum atomic E-state index is -0.510. The van der Waals surface area contributed by atoms with Crippen molar-refractivity contribution >= 4 is 17.6 Å². The van der Waals surface area contributed by atoms with E-state index < -0.39 is 5.60 Å². The van der Waals surface area contributed by atoms with Crippen LogP contribution in [0.2, 0.25) is 5.02 Å². The number of ether oxygens (including phenoxy) is 1. The first kappa shape index (κ1) is 15.3. The highest BCUT2D eigenvalue weighted by Crippen LogP contribution is 2.20. The Hall–Kier alpha value is -1.06. The van der Waals surface area contributed by atoms with Gasteiger partial charge in [-0.15, -0.1) is 0 Å². The molecule has 0 spiro atoms. The molecule has 1 heterocycles. The quantitative estimate of drug-likeness (QED) is 0.866. The molecule has 1 aliphatic heterocycles. The number of hydrogen-bond acceptors (Lipinski definition) is 3. The maximum atomic E-state index is 12.2. The molecule has 0 amide bonds. The predicted octanol–water partition coefficient (Wildman–Crippen LogP) is 3.35. The highest BCUT2D eigenvalue weighted by Gasteiger charge is 2.29. The van der Waals surface area contributed by atoms with Crippen molar-refractivity contribution in [2.75, 3.05) is 6.54 Å². The summed E-state index contributed by atoms with van der Waals surface area (Å²) in [5, 5.41) is 3.94. The second-order valence-corrected chi connectivity index (χ2v) is 6.42. The molecule has 2 rings (SSSR count). The lowest BCUT2D eigenvalue weighted by molar-refractivity contribution is -0.159. The van der Waals surface area contributed by atoms with E-state index in [1.807, 2.05) is 38.1 Å². The zero-order chi connectivity index (χ0) is 14.6. The topological polar surface area (TPSA) is 38.3 Å². The van der Waals surface area contributed by atoms with Gasteiger partial charge >= 0.3 is 5.97 Å². The maximum Gasteiger partial charge on any atom is 0.323 e. The Morgan fingerprint density at radius 1 is 1.35 bits per heavy atom. The van der Waals surface area contributed by atoms with Gasteiger partial charge in [-0.05, 0) is 50.9 Å². The van der Waals surface area contributed by atoms with Crippen molar-refractivity contribution in [1.29, 1.82) is 0 Å². The molecule has 110 valence electrons. The zero-order valence-corrected chi connectivity index (χ0v) is 12.9. The van der Waals surface area contributed by atoms with Gasteiger partial charge in [-0.1, -0.05) is 30.2 Å². The van der Waals surface area contributed by atoms with E-state index in [4.69, 9.17) is 16.3 Å². The molecule has 0 unspecified atom stereocenters. The van der Waals surface area contributed by atoms with E-state index in [0.29, 0.717) is 6.42 Å². The summed E-state index contributed by atoms with van der Waals surface area (Å²) < 4.78 is 5.68. The molecular weight excluding hydrogens is 274 g/mol. The van der Waals surface area contributed by atoms with Crippen LogP contribution in [0.15, 0.2) is 24.3 Å². The molecule has 1 saturated heterocycles. The summed E-state index contributed by atoms with van der Waals surface area (Å²) in [5.41, 5.74) is 0.605. The fourth-order valence-corrected chi connectivity index (χ4v) is 2.65. The summed E-state index contributed by atoms with van der Waals surface area (Å²) in [6.07, 6.45) is 3.78. The van der Waals surface area contributed by atoms with Crippen LogP contribution in [0.4, 0.5) is 0 Å². The molecule has 1 aromatic carbocycles. The number of carbonyl (C=O) groups is 1. The summed E-state index contributed by atoms with van der Waals surface area (Å²) >= 11 is 5.88. The lowest BCUT2D eigenvalue weighted by atomic mass is 9.98. The summed E-state index contributed by atoms with van der Waals surface area (Å²) in [6.45, 7) is 4.79. The maximum absolute atomic E-state index is 12.2. The van der Waals surface area contributed by atoms with Crippen LogP contribution in [-0.2, 0) is 16.0 Å². The summed E-state index contributed by atoms with van der Waals surface area (Å²) in [4.78, 5) is 12.2. The van der Waals surface area contributed by atoms with Crippen LogP contribution in [0.25, 0.3) is 0 Å². The van der Waals surface area contributed by atoms with E-state index in [-0.39, 0.29) is 12.0 Å². The Balaban J connectivity index is 1.92. The van der Waals surface area contributed by atoms with Crippen LogP contribution in [-0.4, -0.2) is 24.2 Å². The molecule has 0 saturated carbocycles. The third-order valence-electron chi connectivity index (χ3n) is 3.51. The van der Waals surface area contributed by atoms with Gasteiger partial charge in [0.05, 0.1) is 0 Å². The summed E-state index contributed by atoms with van der Waals surface area (Å²) in [5.74, 6) is -0.135. The van der Waals surface area contributed by atoms with Gasteiger partial charge in [0.2, 0.25) is 0 Å². The largest absolute Gasteiger partial charge is 0.458 e. The molecule has 20 heavy (non-hydrogen) atoms. The number of esters is 1. The molecule has 1 fully saturated rings. The van der Waals surface area contributed by atoms with Crippen molar-refractivity contribution in [3.63, 3.8) is 0 Å². The highest BCUT2D eigenvalue weighted by molar-refractivity contribution is 6.30. The smallest absolute Gasteiger partial charge is 0.323 e. The Kier molecular flexibility index (Phi) is 5.06. The van der Waals surface area contributed by atoms with Gasteiger partial charge < -0.3 is 10.1 Å². The first-order chi connectivity index (χ1) is 9.46. The van der Waals surface area contributed by atoms with Gasteiger partial charge in [0.1, 0.15) is 11.6 Å². The average Bonchev–Trinajstić information content (AvgIpc) is 2.41. The zero-order valence-electron chi connectivity index (χ0n) is 12.1. The van der Waals surface area contributed by atoms with Gasteiger partial charge in [-0.3, -0.25) is 4.79 Å². The highest BCUT2D eigenvalue weighted by atomic mass is 35.5. The van der Waals surface area contributed by atoms with Crippen LogP contribution in [0, 0.1) is 0 Å². The summed E-state index contributed by atoms with van der Waals surface area (Å²) in [7, 11) is 0. The summed E-state index contributed by atoms with van der Waals surface area (Å²) in [6, 6.07) is 7.51. The number of benzene rings is 1. The molecular formula is C16H22ClNO2. The van der Waals surface area contributed by atoms with Crippen molar-refractivity contribution in [1.82, 2.24) is 5.32 Å². The molecule has 0 radical (unpaired) electrons. The molecule has 1 atom stereocenters. The van der Waals surface area contributed by atoms with E-state index in [9.17, 15) is 4.79 Å². The molecule has 1 aliphatic rings. The van der Waals surface area contributed by atoms with E-state index in [1.165, 1.54) is 0 Å². The third-order valence-corrected chi connectivity index (χ3v) is 3.77. The molecule has 1 aromatic rings. The second kappa shape index (κ2) is 6.59. The van der Waals surface area contributed by atoms with Crippen LogP contribution in [0.1, 0.15) is 38.7 Å². The van der Waals surface area contributed by atoms with Crippen LogP contribution in [0.3, 0.4) is 0 Å². The Bertz CT molecular complexity index is 450. The van der Waals surface area contributed by atoms with Crippen LogP contribution >= 0.6 is 11.6 Å². The van der Waals surface area contributed by atoms with Crippen molar-refractivity contribution in [2.24, 2.45) is 0 Å². The minimum absolute atomic E-state index is 0.135. The molecule has 4 heteroatoms. The molecule has 3 nitrogen and oxygen atoms in total. The lowest BCUT2D eigenvalue weighted by Gasteiger charge is -2.29. The van der Waals surface area contributed by atoms with Gasteiger partial charge in [-0.2, -0.15) is 0 Å². The molecule has 0 aromatic heterocycles. The van der Waals surface area contributed by atoms with E-state index in [0.717, 1.165) is 36.4 Å². The number of piperidine rings is 1. The van der Waals surface area contributed by atoms with Crippen LogP contribution < -0.4 is 5.32 Å².